The zero-order valence-electron chi connectivity index (χ0n) is 13.1. The molecule has 0 saturated heterocycles. The van der Waals surface area contributed by atoms with Crippen LogP contribution in [0.2, 0.25) is 0 Å². The minimum Gasteiger partial charge on any atom is -0.317 e. The molecule has 3 aromatic rings. The fourth-order valence-electron chi connectivity index (χ4n) is 2.40. The third-order valence-electron chi connectivity index (χ3n) is 3.73. The predicted molar refractivity (Wildman–Crippen MR) is 95.7 cm³/mol. The van der Waals surface area contributed by atoms with Crippen molar-refractivity contribution in [2.45, 2.75) is 13.5 Å². The summed E-state index contributed by atoms with van der Waals surface area (Å²) in [6.45, 7) is 2.34. The molecule has 116 valence electrons. The van der Waals surface area contributed by atoms with Crippen molar-refractivity contribution in [3.8, 4) is 0 Å². The molecule has 0 radical (unpaired) electrons. The molecule has 0 aliphatic rings. The van der Waals surface area contributed by atoms with E-state index in [0.717, 1.165) is 21.7 Å². The summed E-state index contributed by atoms with van der Waals surface area (Å²) in [6, 6.07) is 27.0. The topological polar surface area (TPSA) is 26.3 Å². The van der Waals surface area contributed by atoms with Crippen molar-refractivity contribution in [2.24, 2.45) is 0 Å². The van der Waals surface area contributed by atoms with Crippen LogP contribution >= 0.6 is 7.37 Å². The molecule has 0 spiro atoms. The van der Waals surface area contributed by atoms with E-state index < -0.39 is 7.37 Å². The zero-order valence-corrected chi connectivity index (χ0v) is 13.9. The highest BCUT2D eigenvalue weighted by Crippen LogP contribution is 2.45. The van der Waals surface area contributed by atoms with E-state index in [1.54, 1.807) is 0 Å². The van der Waals surface area contributed by atoms with Crippen molar-refractivity contribution in [1.29, 1.82) is 0 Å². The molecule has 1 atom stereocenters. The average Bonchev–Trinajstić information content (AvgIpc) is 2.62. The smallest absolute Gasteiger partial charge is 0.261 e. The maximum Gasteiger partial charge on any atom is 0.261 e. The number of hydrogen-bond donors (Lipinski definition) is 0. The van der Waals surface area contributed by atoms with Crippen LogP contribution in [0.3, 0.4) is 0 Å². The molecule has 0 saturated carbocycles. The molecule has 0 amide bonds. The largest absolute Gasteiger partial charge is 0.317 e. The minimum atomic E-state index is -3.11. The number of hydrogen-bond acceptors (Lipinski definition) is 2. The molecule has 0 heterocycles. The van der Waals surface area contributed by atoms with Crippen molar-refractivity contribution in [2.75, 3.05) is 0 Å². The summed E-state index contributed by atoms with van der Waals surface area (Å²) < 4.78 is 19.7. The molecule has 2 nitrogen and oxygen atoms in total. The molecule has 3 rings (SSSR count). The van der Waals surface area contributed by atoms with Crippen LogP contribution in [0.4, 0.5) is 0 Å². The third kappa shape index (κ3) is 3.61. The molecule has 1 unspecified atom stereocenters. The average molecular weight is 322 g/mol. The summed E-state index contributed by atoms with van der Waals surface area (Å²) in [7, 11) is -3.11. The molecule has 0 fully saturated rings. The second-order valence-electron chi connectivity index (χ2n) is 5.48. The van der Waals surface area contributed by atoms with Crippen LogP contribution in [0.25, 0.3) is 0 Å². The van der Waals surface area contributed by atoms with Gasteiger partial charge in [0.05, 0.1) is 6.61 Å². The summed E-state index contributed by atoms with van der Waals surface area (Å²) in [5.41, 5.74) is 2.15. The molecule has 3 aromatic carbocycles. The van der Waals surface area contributed by atoms with E-state index in [-0.39, 0.29) is 0 Å². The highest BCUT2D eigenvalue weighted by Gasteiger charge is 2.28. The summed E-state index contributed by atoms with van der Waals surface area (Å²) in [5.74, 6) is 0. The highest BCUT2D eigenvalue weighted by atomic mass is 31.2. The van der Waals surface area contributed by atoms with Crippen LogP contribution in [0.1, 0.15) is 11.1 Å². The van der Waals surface area contributed by atoms with E-state index in [1.807, 2.05) is 91.9 Å². The predicted octanol–water partition coefficient (Wildman–Crippen LogP) is 4.44. The Labute approximate surface area is 137 Å². The van der Waals surface area contributed by atoms with E-state index in [4.69, 9.17) is 4.52 Å². The normalized spacial score (nSPS) is 13.4. The standard InChI is InChI=1S/C20H19O2P/c1-17-12-14-20(15-13-17)23(21,19-10-6-3-7-11-19)22-16-18-8-4-2-5-9-18/h2-15H,16H2,1H3. The summed E-state index contributed by atoms with van der Waals surface area (Å²) in [6.07, 6.45) is 0. The summed E-state index contributed by atoms with van der Waals surface area (Å²) in [4.78, 5) is 0. The van der Waals surface area contributed by atoms with E-state index >= 15 is 0 Å². The first kappa shape index (κ1) is 15.7. The van der Waals surface area contributed by atoms with Crippen molar-refractivity contribution >= 4 is 18.0 Å². The lowest BCUT2D eigenvalue weighted by Crippen LogP contribution is -2.18. The first-order valence-corrected chi connectivity index (χ1v) is 9.22. The monoisotopic (exact) mass is 322 g/mol. The van der Waals surface area contributed by atoms with Gasteiger partial charge in [-0.15, -0.1) is 0 Å². The highest BCUT2D eigenvalue weighted by molar-refractivity contribution is 7.74. The van der Waals surface area contributed by atoms with Gasteiger partial charge in [0.1, 0.15) is 0 Å². The Balaban J connectivity index is 1.97. The van der Waals surface area contributed by atoms with Crippen LogP contribution in [-0.2, 0) is 15.7 Å². The molecule has 23 heavy (non-hydrogen) atoms. The van der Waals surface area contributed by atoms with Gasteiger partial charge in [-0.25, -0.2) is 0 Å². The SMILES string of the molecule is Cc1ccc(P(=O)(OCc2ccccc2)c2ccccc2)cc1. The molecule has 0 aliphatic heterocycles. The first-order chi connectivity index (χ1) is 11.2. The zero-order chi connectivity index (χ0) is 16.1. The second kappa shape index (κ2) is 6.95. The quantitative estimate of drug-likeness (QED) is 0.649. The molecular weight excluding hydrogens is 303 g/mol. The number of aryl methyl sites for hydroxylation is 1. The third-order valence-corrected chi connectivity index (χ3v) is 6.17. The lowest BCUT2D eigenvalue weighted by Gasteiger charge is -2.19. The van der Waals surface area contributed by atoms with Gasteiger partial charge in [-0.05, 0) is 36.8 Å². The fourth-order valence-corrected chi connectivity index (χ4v) is 4.44. The molecule has 0 aliphatic carbocycles. The van der Waals surface area contributed by atoms with E-state index in [0.29, 0.717) is 6.61 Å². The fraction of sp³-hybridized carbons (Fsp3) is 0.100. The van der Waals surface area contributed by atoms with Crippen molar-refractivity contribution in [3.63, 3.8) is 0 Å². The molecule has 0 aromatic heterocycles. The van der Waals surface area contributed by atoms with Gasteiger partial charge in [-0.3, -0.25) is 4.57 Å². The van der Waals surface area contributed by atoms with E-state index in [1.165, 1.54) is 0 Å². The second-order valence-corrected chi connectivity index (χ2v) is 7.88. The van der Waals surface area contributed by atoms with Gasteiger partial charge in [-0.2, -0.15) is 0 Å². The Kier molecular flexibility index (Phi) is 4.76. The number of benzene rings is 3. The molecule has 3 heteroatoms. The Hall–Kier alpha value is -2.15. The van der Waals surface area contributed by atoms with Crippen LogP contribution in [0, 0.1) is 6.92 Å². The number of rotatable bonds is 5. The van der Waals surface area contributed by atoms with Gasteiger partial charge in [0.25, 0.3) is 7.37 Å². The minimum absolute atomic E-state index is 0.320. The van der Waals surface area contributed by atoms with Crippen molar-refractivity contribution in [3.05, 3.63) is 96.1 Å². The van der Waals surface area contributed by atoms with Gasteiger partial charge in [0.15, 0.2) is 0 Å². The van der Waals surface area contributed by atoms with Gasteiger partial charge in [0.2, 0.25) is 0 Å². The van der Waals surface area contributed by atoms with Gasteiger partial charge < -0.3 is 4.52 Å². The van der Waals surface area contributed by atoms with Gasteiger partial charge in [-0.1, -0.05) is 66.2 Å². The Bertz CT molecular complexity index is 796. The lowest BCUT2D eigenvalue weighted by molar-refractivity contribution is 0.316. The van der Waals surface area contributed by atoms with Gasteiger partial charge in [0, 0.05) is 10.6 Å². The Morgan fingerprint density at radius 2 is 1.26 bits per heavy atom. The summed E-state index contributed by atoms with van der Waals surface area (Å²) in [5, 5.41) is 1.45. The lowest BCUT2D eigenvalue weighted by atomic mass is 10.2. The molecule has 0 bridgehead atoms. The van der Waals surface area contributed by atoms with E-state index in [2.05, 4.69) is 0 Å². The Morgan fingerprint density at radius 1 is 0.739 bits per heavy atom. The van der Waals surface area contributed by atoms with Crippen LogP contribution < -0.4 is 10.6 Å². The van der Waals surface area contributed by atoms with Crippen LogP contribution in [0.15, 0.2) is 84.9 Å². The van der Waals surface area contributed by atoms with Crippen molar-refractivity contribution < 1.29 is 9.09 Å². The molecule has 0 N–H and O–H groups in total. The van der Waals surface area contributed by atoms with Crippen LogP contribution in [0.5, 0.6) is 0 Å². The van der Waals surface area contributed by atoms with Gasteiger partial charge >= 0.3 is 0 Å². The van der Waals surface area contributed by atoms with Crippen molar-refractivity contribution in [1.82, 2.24) is 0 Å². The maximum atomic E-state index is 13.7. The summed E-state index contributed by atoms with van der Waals surface area (Å²) >= 11 is 0. The van der Waals surface area contributed by atoms with Crippen LogP contribution in [-0.4, -0.2) is 0 Å². The maximum absolute atomic E-state index is 13.7. The Morgan fingerprint density at radius 3 is 1.87 bits per heavy atom. The first-order valence-electron chi connectivity index (χ1n) is 7.60. The molecular formula is C20H19O2P. The van der Waals surface area contributed by atoms with E-state index in [9.17, 15) is 4.57 Å².